The van der Waals surface area contributed by atoms with Gasteiger partial charge in [-0.2, -0.15) is 11.8 Å². The minimum Gasteiger partial charge on any atom is -0.478 e. The number of hydrogen-bond acceptors (Lipinski definition) is 3. The number of benzene rings is 1. The second kappa shape index (κ2) is 6.35. The van der Waals surface area contributed by atoms with Crippen molar-refractivity contribution in [3.05, 3.63) is 41.0 Å². The predicted octanol–water partition coefficient (Wildman–Crippen LogP) is 2.72. The van der Waals surface area contributed by atoms with Gasteiger partial charge in [-0.25, -0.2) is 4.79 Å². The Bertz CT molecular complexity index is 591. The van der Waals surface area contributed by atoms with Gasteiger partial charge in [-0.1, -0.05) is 12.1 Å². The highest BCUT2D eigenvalue weighted by molar-refractivity contribution is 8.00. The van der Waals surface area contributed by atoms with E-state index in [-0.39, 0.29) is 10.7 Å². The van der Waals surface area contributed by atoms with Crippen molar-refractivity contribution in [1.29, 1.82) is 0 Å². The second-order valence-corrected chi connectivity index (χ2v) is 6.54. The molecule has 1 aromatic carbocycles. The maximum absolute atomic E-state index is 12.3. The molecule has 0 atom stereocenters. The molecular weight excluding hydrogens is 286 g/mol. The molecule has 0 aromatic heterocycles. The Hall–Kier alpha value is -1.75. The zero-order valence-corrected chi connectivity index (χ0v) is 13.0. The highest BCUT2D eigenvalue weighted by atomic mass is 32.2. The van der Waals surface area contributed by atoms with Gasteiger partial charge >= 0.3 is 5.97 Å². The molecule has 2 rings (SSSR count). The Balaban J connectivity index is 2.10. The van der Waals surface area contributed by atoms with Crippen LogP contribution < -0.4 is 5.32 Å². The van der Waals surface area contributed by atoms with Crippen LogP contribution in [0, 0.1) is 6.92 Å². The quantitative estimate of drug-likeness (QED) is 0.793. The molecule has 0 saturated heterocycles. The maximum Gasteiger partial charge on any atom is 0.328 e. The van der Waals surface area contributed by atoms with Gasteiger partial charge in [0.15, 0.2) is 0 Å². The Morgan fingerprint density at radius 2 is 2.14 bits per heavy atom. The number of carboxylic acid groups (broad SMARTS) is 1. The molecular formula is C16H19NO3S. The number of nitrogens with one attached hydrogen (secondary N) is 1. The van der Waals surface area contributed by atoms with E-state index < -0.39 is 5.97 Å². The van der Waals surface area contributed by atoms with Gasteiger partial charge < -0.3 is 10.4 Å². The van der Waals surface area contributed by atoms with Crippen molar-refractivity contribution < 1.29 is 14.7 Å². The Morgan fingerprint density at radius 1 is 1.43 bits per heavy atom. The van der Waals surface area contributed by atoms with Crippen LogP contribution in [-0.2, 0) is 4.79 Å². The largest absolute Gasteiger partial charge is 0.478 e. The summed E-state index contributed by atoms with van der Waals surface area (Å²) < 4.78 is 0.227. The van der Waals surface area contributed by atoms with E-state index in [0.717, 1.165) is 30.0 Å². The van der Waals surface area contributed by atoms with E-state index in [1.807, 2.05) is 6.92 Å². The van der Waals surface area contributed by atoms with Crippen molar-refractivity contribution in [3.63, 3.8) is 0 Å². The fourth-order valence-corrected chi connectivity index (χ4v) is 2.90. The molecule has 1 saturated carbocycles. The summed E-state index contributed by atoms with van der Waals surface area (Å²) >= 11 is 1.80. The van der Waals surface area contributed by atoms with Crippen LogP contribution in [0.1, 0.15) is 34.3 Å². The molecule has 1 fully saturated rings. The zero-order valence-electron chi connectivity index (χ0n) is 12.2. The first-order valence-corrected chi connectivity index (χ1v) is 8.04. The van der Waals surface area contributed by atoms with Gasteiger partial charge in [-0.3, -0.25) is 4.79 Å². The highest BCUT2D eigenvalue weighted by Gasteiger charge is 2.41. The summed E-state index contributed by atoms with van der Waals surface area (Å²) in [7, 11) is 0. The molecule has 0 spiro atoms. The first-order chi connectivity index (χ1) is 9.97. The van der Waals surface area contributed by atoms with Crippen LogP contribution in [0.4, 0.5) is 0 Å². The average Bonchev–Trinajstić information content (AvgIpc) is 3.24. The van der Waals surface area contributed by atoms with Crippen LogP contribution in [0.3, 0.4) is 0 Å². The number of amides is 1. The van der Waals surface area contributed by atoms with Crippen LogP contribution in [0.15, 0.2) is 24.3 Å². The number of carbonyl (C=O) groups excluding carboxylic acids is 1. The fourth-order valence-electron chi connectivity index (χ4n) is 2.17. The molecule has 0 bridgehead atoms. The molecule has 4 nitrogen and oxygen atoms in total. The van der Waals surface area contributed by atoms with E-state index in [1.54, 1.807) is 30.0 Å². The van der Waals surface area contributed by atoms with Gasteiger partial charge in [0, 0.05) is 22.9 Å². The van der Waals surface area contributed by atoms with E-state index >= 15 is 0 Å². The average molecular weight is 305 g/mol. The third-order valence-electron chi connectivity index (χ3n) is 3.84. The van der Waals surface area contributed by atoms with Gasteiger partial charge in [-0.05, 0) is 49.3 Å². The molecule has 1 aliphatic carbocycles. The zero-order chi connectivity index (χ0) is 15.5. The summed E-state index contributed by atoms with van der Waals surface area (Å²) in [6, 6.07) is 5.34. The summed E-state index contributed by atoms with van der Waals surface area (Å²) in [5.41, 5.74) is 2.14. The summed E-state index contributed by atoms with van der Waals surface area (Å²) in [6.07, 6.45) is 6.96. The molecule has 112 valence electrons. The number of thioether (sulfide) groups is 1. The van der Waals surface area contributed by atoms with E-state index in [1.165, 1.54) is 6.08 Å². The smallest absolute Gasteiger partial charge is 0.328 e. The number of carbonyl (C=O) groups is 2. The molecule has 0 aliphatic heterocycles. The van der Waals surface area contributed by atoms with Crippen LogP contribution in [0.25, 0.3) is 6.08 Å². The minimum atomic E-state index is -1.00. The molecule has 0 heterocycles. The van der Waals surface area contributed by atoms with Crippen molar-refractivity contribution >= 4 is 29.7 Å². The summed E-state index contributed by atoms with van der Waals surface area (Å²) in [4.78, 5) is 22.9. The molecule has 5 heteroatoms. The van der Waals surface area contributed by atoms with Gasteiger partial charge in [-0.15, -0.1) is 0 Å². The topological polar surface area (TPSA) is 66.4 Å². The van der Waals surface area contributed by atoms with Crippen LogP contribution in [-0.4, -0.2) is 34.5 Å². The summed E-state index contributed by atoms with van der Waals surface area (Å²) in [5.74, 6) is -1.10. The molecule has 0 radical (unpaired) electrons. The van der Waals surface area contributed by atoms with Gasteiger partial charge in [0.2, 0.25) is 0 Å². The first-order valence-electron chi connectivity index (χ1n) is 6.81. The standard InChI is InChI=1S/C16H19NO3S/c1-11-12(6-7-14(18)19)4-3-5-13(11)15(20)17-10-16(21-2)8-9-16/h3-7H,8-10H2,1-2H3,(H,17,20)(H,18,19)/b7-6+. The number of aliphatic carboxylic acids is 1. The molecule has 1 aliphatic rings. The molecule has 1 amide bonds. The van der Waals surface area contributed by atoms with Gasteiger partial charge in [0.05, 0.1) is 0 Å². The van der Waals surface area contributed by atoms with E-state index in [2.05, 4.69) is 11.6 Å². The first kappa shape index (κ1) is 15.6. The summed E-state index contributed by atoms with van der Waals surface area (Å²) in [6.45, 7) is 2.51. The third kappa shape index (κ3) is 3.88. The van der Waals surface area contributed by atoms with E-state index in [4.69, 9.17) is 5.11 Å². The Kier molecular flexibility index (Phi) is 4.73. The minimum absolute atomic E-state index is 0.0987. The van der Waals surface area contributed by atoms with Crippen molar-refractivity contribution in [3.8, 4) is 0 Å². The van der Waals surface area contributed by atoms with Crippen molar-refractivity contribution in [2.24, 2.45) is 0 Å². The summed E-state index contributed by atoms with van der Waals surface area (Å²) in [5, 5.41) is 11.7. The Morgan fingerprint density at radius 3 is 2.71 bits per heavy atom. The van der Waals surface area contributed by atoms with Crippen molar-refractivity contribution in [2.45, 2.75) is 24.5 Å². The number of rotatable bonds is 6. The van der Waals surface area contributed by atoms with Crippen LogP contribution in [0.2, 0.25) is 0 Å². The lowest BCUT2D eigenvalue weighted by atomic mass is 10.0. The highest BCUT2D eigenvalue weighted by Crippen LogP contribution is 2.46. The van der Waals surface area contributed by atoms with Gasteiger partial charge in [0.25, 0.3) is 5.91 Å². The van der Waals surface area contributed by atoms with E-state index in [9.17, 15) is 9.59 Å². The lowest BCUT2D eigenvalue weighted by Gasteiger charge is -2.14. The second-order valence-electron chi connectivity index (χ2n) is 5.26. The van der Waals surface area contributed by atoms with Crippen LogP contribution in [0.5, 0.6) is 0 Å². The lowest BCUT2D eigenvalue weighted by molar-refractivity contribution is -0.131. The van der Waals surface area contributed by atoms with Gasteiger partial charge in [0.1, 0.15) is 0 Å². The molecule has 1 aromatic rings. The Labute approximate surface area is 128 Å². The number of carboxylic acids is 1. The van der Waals surface area contributed by atoms with Crippen molar-refractivity contribution in [2.75, 3.05) is 12.8 Å². The molecule has 21 heavy (non-hydrogen) atoms. The predicted molar refractivity (Wildman–Crippen MR) is 85.7 cm³/mol. The molecule has 2 N–H and O–H groups in total. The molecule has 0 unspecified atom stereocenters. The normalized spacial score (nSPS) is 15.9. The third-order valence-corrected chi connectivity index (χ3v) is 5.26. The maximum atomic E-state index is 12.3. The van der Waals surface area contributed by atoms with Crippen LogP contribution >= 0.6 is 11.8 Å². The fraction of sp³-hybridized carbons (Fsp3) is 0.375. The number of hydrogen-bond donors (Lipinski definition) is 2. The lowest BCUT2D eigenvalue weighted by Crippen LogP contribution is -2.32. The van der Waals surface area contributed by atoms with E-state index in [0.29, 0.717) is 12.1 Å². The SMILES string of the molecule is CSC1(CNC(=O)c2cccc(/C=C/C(=O)O)c2C)CC1. The monoisotopic (exact) mass is 305 g/mol. The van der Waals surface area contributed by atoms with Crippen molar-refractivity contribution in [1.82, 2.24) is 5.32 Å².